The highest BCUT2D eigenvalue weighted by atomic mass is 19.1. The zero-order valence-corrected chi connectivity index (χ0v) is 10.2. The van der Waals surface area contributed by atoms with Crippen molar-refractivity contribution in [3.8, 4) is 0 Å². The molecule has 1 aromatic heterocycles. The molecule has 0 saturated carbocycles. The van der Waals surface area contributed by atoms with Crippen LogP contribution < -0.4 is 0 Å². The Morgan fingerprint density at radius 3 is 2.69 bits per heavy atom. The number of rotatable bonds is 5. The van der Waals surface area contributed by atoms with Crippen LogP contribution in [0.25, 0.3) is 0 Å². The van der Waals surface area contributed by atoms with Gasteiger partial charge in [0.25, 0.3) is 0 Å². The summed E-state index contributed by atoms with van der Waals surface area (Å²) in [6, 6.07) is 1.68. The summed E-state index contributed by atoms with van der Waals surface area (Å²) in [5.41, 5.74) is 0.820. The lowest BCUT2D eigenvalue weighted by atomic mass is 10.00. The number of pyridine rings is 1. The Balaban J connectivity index is 2.91. The SMILES string of the molecule is CCCCC(O)c1nccc(C(C)C)c1F. The van der Waals surface area contributed by atoms with Crippen molar-refractivity contribution in [2.24, 2.45) is 0 Å². The number of hydrogen-bond donors (Lipinski definition) is 1. The van der Waals surface area contributed by atoms with Gasteiger partial charge < -0.3 is 5.11 Å². The van der Waals surface area contributed by atoms with Gasteiger partial charge in [0.1, 0.15) is 5.69 Å². The summed E-state index contributed by atoms with van der Waals surface area (Å²) >= 11 is 0. The van der Waals surface area contributed by atoms with Crippen LogP contribution in [0, 0.1) is 5.82 Å². The third kappa shape index (κ3) is 3.01. The summed E-state index contributed by atoms with van der Waals surface area (Å²) in [5, 5.41) is 9.84. The minimum atomic E-state index is -0.779. The topological polar surface area (TPSA) is 33.1 Å². The molecular formula is C13H20FNO. The van der Waals surface area contributed by atoms with E-state index in [2.05, 4.69) is 4.98 Å². The monoisotopic (exact) mass is 225 g/mol. The van der Waals surface area contributed by atoms with Gasteiger partial charge >= 0.3 is 0 Å². The molecular weight excluding hydrogens is 205 g/mol. The molecule has 2 nitrogen and oxygen atoms in total. The lowest BCUT2D eigenvalue weighted by Gasteiger charge is -2.14. The second-order valence-electron chi connectivity index (χ2n) is 4.41. The average molecular weight is 225 g/mol. The van der Waals surface area contributed by atoms with E-state index in [0.717, 1.165) is 12.8 Å². The van der Waals surface area contributed by atoms with Crippen LogP contribution in [0.4, 0.5) is 4.39 Å². The molecule has 90 valence electrons. The standard InChI is InChI=1S/C13H20FNO/c1-4-5-6-11(16)13-12(14)10(9(2)3)7-8-15-13/h7-9,11,16H,4-6H2,1-3H3. The number of aliphatic hydroxyl groups is 1. The van der Waals surface area contributed by atoms with E-state index in [1.807, 2.05) is 20.8 Å². The predicted octanol–water partition coefficient (Wildman–Crippen LogP) is 3.57. The minimum absolute atomic E-state index is 0.111. The van der Waals surface area contributed by atoms with Gasteiger partial charge in [-0.2, -0.15) is 0 Å². The molecule has 0 aliphatic carbocycles. The van der Waals surface area contributed by atoms with Gasteiger partial charge in [0, 0.05) is 6.20 Å². The molecule has 0 aromatic carbocycles. The zero-order valence-electron chi connectivity index (χ0n) is 10.2. The van der Waals surface area contributed by atoms with Crippen LogP contribution in [0.3, 0.4) is 0 Å². The molecule has 1 aromatic rings. The van der Waals surface area contributed by atoms with Crippen LogP contribution >= 0.6 is 0 Å². The molecule has 0 spiro atoms. The number of unbranched alkanes of at least 4 members (excludes halogenated alkanes) is 1. The Morgan fingerprint density at radius 1 is 1.44 bits per heavy atom. The molecule has 1 atom stereocenters. The highest BCUT2D eigenvalue weighted by Gasteiger charge is 2.18. The van der Waals surface area contributed by atoms with Crippen LogP contribution in [0.5, 0.6) is 0 Å². The fraction of sp³-hybridized carbons (Fsp3) is 0.615. The summed E-state index contributed by atoms with van der Waals surface area (Å²) < 4.78 is 14.0. The highest BCUT2D eigenvalue weighted by Crippen LogP contribution is 2.25. The number of nitrogens with zero attached hydrogens (tertiary/aromatic N) is 1. The van der Waals surface area contributed by atoms with Gasteiger partial charge in [-0.3, -0.25) is 4.98 Å². The van der Waals surface area contributed by atoms with Crippen molar-refractivity contribution in [3.63, 3.8) is 0 Å². The largest absolute Gasteiger partial charge is 0.387 e. The van der Waals surface area contributed by atoms with Crippen molar-refractivity contribution in [2.75, 3.05) is 0 Å². The summed E-state index contributed by atoms with van der Waals surface area (Å²) in [6.07, 6.45) is 3.24. The Bertz CT molecular complexity index is 339. The second-order valence-corrected chi connectivity index (χ2v) is 4.41. The molecule has 3 heteroatoms. The van der Waals surface area contributed by atoms with Crippen LogP contribution in [-0.4, -0.2) is 10.1 Å². The maximum Gasteiger partial charge on any atom is 0.150 e. The number of aromatic nitrogens is 1. The van der Waals surface area contributed by atoms with Crippen molar-refractivity contribution in [1.29, 1.82) is 0 Å². The minimum Gasteiger partial charge on any atom is -0.387 e. The first-order chi connectivity index (χ1) is 7.57. The molecule has 1 unspecified atom stereocenters. The zero-order chi connectivity index (χ0) is 12.1. The van der Waals surface area contributed by atoms with E-state index in [9.17, 15) is 9.50 Å². The maximum atomic E-state index is 14.0. The molecule has 0 fully saturated rings. The fourth-order valence-electron chi connectivity index (χ4n) is 1.69. The molecule has 1 heterocycles. The van der Waals surface area contributed by atoms with E-state index in [-0.39, 0.29) is 17.4 Å². The van der Waals surface area contributed by atoms with Gasteiger partial charge in [-0.05, 0) is 24.0 Å². The van der Waals surface area contributed by atoms with Gasteiger partial charge in [0.05, 0.1) is 6.10 Å². The summed E-state index contributed by atoms with van der Waals surface area (Å²) in [6.45, 7) is 5.91. The highest BCUT2D eigenvalue weighted by molar-refractivity contribution is 5.23. The lowest BCUT2D eigenvalue weighted by Crippen LogP contribution is -2.07. The summed E-state index contributed by atoms with van der Waals surface area (Å²) in [4.78, 5) is 3.95. The molecule has 0 radical (unpaired) electrons. The number of hydrogen-bond acceptors (Lipinski definition) is 2. The Hall–Kier alpha value is -0.960. The average Bonchev–Trinajstić information content (AvgIpc) is 2.25. The van der Waals surface area contributed by atoms with Crippen LogP contribution in [0.1, 0.15) is 63.3 Å². The molecule has 0 saturated heterocycles. The smallest absolute Gasteiger partial charge is 0.150 e. The second kappa shape index (κ2) is 5.94. The van der Waals surface area contributed by atoms with Crippen LogP contribution in [-0.2, 0) is 0 Å². The normalized spacial score (nSPS) is 13.1. The van der Waals surface area contributed by atoms with Gasteiger partial charge in [-0.15, -0.1) is 0 Å². The Morgan fingerprint density at radius 2 is 2.12 bits per heavy atom. The molecule has 16 heavy (non-hydrogen) atoms. The van der Waals surface area contributed by atoms with Crippen molar-refractivity contribution >= 4 is 0 Å². The molecule has 0 bridgehead atoms. The molecule has 0 amide bonds. The molecule has 0 aliphatic rings. The fourth-order valence-corrected chi connectivity index (χ4v) is 1.69. The van der Waals surface area contributed by atoms with Gasteiger partial charge in [-0.1, -0.05) is 33.6 Å². The quantitative estimate of drug-likeness (QED) is 0.831. The van der Waals surface area contributed by atoms with E-state index in [1.54, 1.807) is 12.3 Å². The summed E-state index contributed by atoms with van der Waals surface area (Å²) in [7, 11) is 0. The Kier molecular flexibility index (Phi) is 4.87. The van der Waals surface area contributed by atoms with Crippen molar-refractivity contribution < 1.29 is 9.50 Å². The van der Waals surface area contributed by atoms with E-state index in [4.69, 9.17) is 0 Å². The van der Waals surface area contributed by atoms with E-state index >= 15 is 0 Å². The van der Waals surface area contributed by atoms with Crippen molar-refractivity contribution in [3.05, 3.63) is 29.3 Å². The van der Waals surface area contributed by atoms with Crippen LogP contribution in [0.15, 0.2) is 12.3 Å². The lowest BCUT2D eigenvalue weighted by molar-refractivity contribution is 0.154. The first-order valence-electron chi connectivity index (χ1n) is 5.90. The van der Waals surface area contributed by atoms with Gasteiger partial charge in [0.15, 0.2) is 5.82 Å². The van der Waals surface area contributed by atoms with Crippen molar-refractivity contribution in [2.45, 2.75) is 52.1 Å². The third-order valence-corrected chi connectivity index (χ3v) is 2.71. The third-order valence-electron chi connectivity index (χ3n) is 2.71. The maximum absolute atomic E-state index is 14.0. The first-order valence-corrected chi connectivity index (χ1v) is 5.90. The van der Waals surface area contributed by atoms with E-state index < -0.39 is 6.10 Å². The van der Waals surface area contributed by atoms with E-state index in [0.29, 0.717) is 12.0 Å². The summed E-state index contributed by atoms with van der Waals surface area (Å²) in [5.74, 6) is -0.235. The predicted molar refractivity (Wildman–Crippen MR) is 62.8 cm³/mol. The molecule has 1 rings (SSSR count). The van der Waals surface area contributed by atoms with Crippen molar-refractivity contribution in [1.82, 2.24) is 4.98 Å². The number of aliphatic hydroxyl groups excluding tert-OH is 1. The molecule has 0 aliphatic heterocycles. The van der Waals surface area contributed by atoms with E-state index in [1.165, 1.54) is 0 Å². The van der Waals surface area contributed by atoms with Gasteiger partial charge in [0.2, 0.25) is 0 Å². The van der Waals surface area contributed by atoms with Crippen LogP contribution in [0.2, 0.25) is 0 Å². The Labute approximate surface area is 96.5 Å². The number of halogens is 1. The van der Waals surface area contributed by atoms with Gasteiger partial charge in [-0.25, -0.2) is 4.39 Å². The molecule has 1 N–H and O–H groups in total. The first kappa shape index (κ1) is 13.1.